The van der Waals surface area contributed by atoms with Crippen LogP contribution in [0.3, 0.4) is 0 Å². The Labute approximate surface area is 200 Å². The zero-order valence-electron chi connectivity index (χ0n) is 20.3. The monoisotopic (exact) mass is 489 g/mol. The fourth-order valence-corrected chi connectivity index (χ4v) is 3.79. The van der Waals surface area contributed by atoms with Crippen molar-refractivity contribution in [2.45, 2.75) is 54.1 Å². The second-order valence-electron chi connectivity index (χ2n) is 8.17. The minimum Gasteiger partial charge on any atom is -0.462 e. The van der Waals surface area contributed by atoms with Crippen LogP contribution in [0.2, 0.25) is 0 Å². The molecule has 0 spiro atoms. The Morgan fingerprint density at radius 2 is 1.60 bits per heavy atom. The number of hydrogen-bond donors (Lipinski definition) is 1. The number of carbonyl (C=O) groups is 2. The quantitative estimate of drug-likeness (QED) is 0.450. The third-order valence-corrected chi connectivity index (χ3v) is 6.17. The minimum atomic E-state index is -4.96. The van der Waals surface area contributed by atoms with Gasteiger partial charge in [0.15, 0.2) is 11.5 Å². The molecular weight excluding hydrogens is 463 g/mol. The van der Waals surface area contributed by atoms with E-state index in [9.17, 15) is 22.8 Å². The van der Waals surface area contributed by atoms with Gasteiger partial charge >= 0.3 is 12.1 Å². The average molecular weight is 489 g/mol. The first-order valence-electron chi connectivity index (χ1n) is 10.9. The fraction of sp³-hybridized carbons (Fsp3) is 0.360. The molecule has 35 heavy (non-hydrogen) atoms. The maximum Gasteiger partial charge on any atom is 0.434 e. The molecule has 2 aromatic heterocycles. The number of rotatable bonds is 6. The predicted molar refractivity (Wildman–Crippen MR) is 123 cm³/mol. The molecule has 1 amide bonds. The number of alkyl halides is 3. The summed E-state index contributed by atoms with van der Waals surface area (Å²) in [4.78, 5) is 31.4. The maximum absolute atomic E-state index is 13.4. The van der Waals surface area contributed by atoms with Crippen molar-refractivity contribution in [1.82, 2.24) is 9.97 Å². The number of amides is 1. The Kier molecular flexibility index (Phi) is 7.33. The van der Waals surface area contributed by atoms with Gasteiger partial charge in [-0.1, -0.05) is 0 Å². The lowest BCUT2D eigenvalue weighted by Gasteiger charge is -2.18. The van der Waals surface area contributed by atoms with Gasteiger partial charge in [-0.05, 0) is 87.1 Å². The average Bonchev–Trinajstić information content (AvgIpc) is 3.27. The van der Waals surface area contributed by atoms with Crippen molar-refractivity contribution in [3.05, 3.63) is 74.5 Å². The fourth-order valence-electron chi connectivity index (χ4n) is 3.79. The second kappa shape index (κ2) is 9.89. The highest BCUT2D eigenvalue weighted by Gasteiger charge is 2.38. The molecule has 0 saturated heterocycles. The van der Waals surface area contributed by atoms with E-state index in [1.54, 1.807) is 6.07 Å². The first-order valence-corrected chi connectivity index (χ1v) is 10.9. The van der Waals surface area contributed by atoms with Gasteiger partial charge in [0.1, 0.15) is 11.3 Å². The SMILES string of the molecule is CCOC(=O)c1cnc(NC(=O)c2ccc(Cc3c(C)c(C)c(C)c(C)c3C)o2)nc1C(F)(F)F. The molecule has 3 rings (SSSR count). The van der Waals surface area contributed by atoms with Gasteiger partial charge in [-0.25, -0.2) is 14.8 Å². The van der Waals surface area contributed by atoms with Crippen LogP contribution in [0.4, 0.5) is 19.1 Å². The number of benzene rings is 1. The van der Waals surface area contributed by atoms with Gasteiger partial charge in [0, 0.05) is 12.6 Å². The standard InChI is InChI=1S/C25H26F3N3O4/c1-7-34-23(33)19-11-29-24(30-21(19)25(26,27)28)31-22(32)20-9-8-17(35-20)10-18-15(5)13(3)12(2)14(4)16(18)6/h8-9,11H,7,10H2,1-6H3,(H,29,30,31,32). The van der Waals surface area contributed by atoms with Gasteiger partial charge in [0.25, 0.3) is 5.91 Å². The normalized spacial score (nSPS) is 11.5. The Morgan fingerprint density at radius 1 is 1.00 bits per heavy atom. The molecule has 0 fully saturated rings. The molecule has 0 atom stereocenters. The van der Waals surface area contributed by atoms with Crippen molar-refractivity contribution in [2.75, 3.05) is 11.9 Å². The van der Waals surface area contributed by atoms with E-state index in [-0.39, 0.29) is 12.4 Å². The third-order valence-electron chi connectivity index (χ3n) is 6.17. The molecule has 0 saturated carbocycles. The second-order valence-corrected chi connectivity index (χ2v) is 8.17. The lowest BCUT2D eigenvalue weighted by molar-refractivity contribution is -0.141. The van der Waals surface area contributed by atoms with Crippen molar-refractivity contribution >= 4 is 17.8 Å². The van der Waals surface area contributed by atoms with Gasteiger partial charge < -0.3 is 9.15 Å². The summed E-state index contributed by atoms with van der Waals surface area (Å²) in [5.41, 5.74) is 4.65. The summed E-state index contributed by atoms with van der Waals surface area (Å²) in [6, 6.07) is 3.07. The number of nitrogens with one attached hydrogen (secondary N) is 1. The van der Waals surface area contributed by atoms with Crippen LogP contribution < -0.4 is 5.32 Å². The lowest BCUT2D eigenvalue weighted by Crippen LogP contribution is -2.21. The number of ether oxygens (including phenoxy) is 1. The van der Waals surface area contributed by atoms with Crippen LogP contribution in [0.15, 0.2) is 22.7 Å². The number of halogens is 3. The Bertz CT molecular complexity index is 1270. The molecule has 0 aliphatic carbocycles. The molecule has 0 aliphatic rings. The largest absolute Gasteiger partial charge is 0.462 e. The van der Waals surface area contributed by atoms with Gasteiger partial charge in [-0.3, -0.25) is 10.1 Å². The van der Waals surface area contributed by atoms with E-state index in [1.165, 1.54) is 29.7 Å². The summed E-state index contributed by atoms with van der Waals surface area (Å²) < 4.78 is 50.5. The van der Waals surface area contributed by atoms with Crippen molar-refractivity contribution in [1.29, 1.82) is 0 Å². The molecule has 1 N–H and O–H groups in total. The van der Waals surface area contributed by atoms with Crippen LogP contribution in [-0.2, 0) is 17.3 Å². The van der Waals surface area contributed by atoms with Gasteiger partial charge in [0.2, 0.25) is 5.95 Å². The van der Waals surface area contributed by atoms with Crippen LogP contribution >= 0.6 is 0 Å². The zero-order chi connectivity index (χ0) is 26.1. The summed E-state index contributed by atoms with van der Waals surface area (Å²) in [7, 11) is 0. The van der Waals surface area contributed by atoms with Crippen molar-refractivity contribution in [3.63, 3.8) is 0 Å². The van der Waals surface area contributed by atoms with Crippen molar-refractivity contribution < 1.29 is 31.9 Å². The summed E-state index contributed by atoms with van der Waals surface area (Å²) in [5.74, 6) is -2.23. The van der Waals surface area contributed by atoms with E-state index in [1.807, 2.05) is 13.8 Å². The first kappa shape index (κ1) is 25.9. The number of hydrogen-bond acceptors (Lipinski definition) is 6. The molecule has 0 radical (unpaired) electrons. The molecule has 1 aromatic carbocycles. The van der Waals surface area contributed by atoms with Crippen LogP contribution in [0, 0.1) is 34.6 Å². The van der Waals surface area contributed by atoms with E-state index in [0.29, 0.717) is 18.4 Å². The van der Waals surface area contributed by atoms with E-state index < -0.39 is 35.3 Å². The highest BCUT2D eigenvalue weighted by molar-refractivity contribution is 6.01. The Hall–Kier alpha value is -3.69. The number of esters is 1. The third kappa shape index (κ3) is 5.36. The van der Waals surface area contributed by atoms with Crippen molar-refractivity contribution in [3.8, 4) is 0 Å². The smallest absolute Gasteiger partial charge is 0.434 e. The van der Waals surface area contributed by atoms with E-state index in [2.05, 4.69) is 40.8 Å². The van der Waals surface area contributed by atoms with E-state index in [0.717, 1.165) is 16.7 Å². The molecule has 3 aromatic rings. The maximum atomic E-state index is 13.4. The summed E-state index contributed by atoms with van der Waals surface area (Å²) in [6.45, 7) is 11.6. The molecule has 186 valence electrons. The topological polar surface area (TPSA) is 94.3 Å². The first-order chi connectivity index (χ1) is 16.3. The van der Waals surface area contributed by atoms with Gasteiger partial charge in [0.05, 0.1) is 6.61 Å². The summed E-state index contributed by atoms with van der Waals surface area (Å²) in [6.07, 6.45) is -3.83. The van der Waals surface area contributed by atoms with E-state index in [4.69, 9.17) is 4.42 Å². The lowest BCUT2D eigenvalue weighted by atomic mass is 9.88. The zero-order valence-corrected chi connectivity index (χ0v) is 20.3. The number of furan rings is 1. The van der Waals surface area contributed by atoms with Crippen LogP contribution in [-0.4, -0.2) is 28.5 Å². The minimum absolute atomic E-state index is 0.109. The van der Waals surface area contributed by atoms with Crippen LogP contribution in [0.25, 0.3) is 0 Å². The number of anilines is 1. The molecular formula is C25H26F3N3O4. The highest BCUT2D eigenvalue weighted by atomic mass is 19.4. The van der Waals surface area contributed by atoms with Crippen LogP contribution in [0.1, 0.15) is 72.7 Å². The molecule has 10 heteroatoms. The predicted octanol–water partition coefficient (Wildman–Crippen LogP) is 5.65. The number of carbonyl (C=O) groups excluding carboxylic acids is 2. The van der Waals surface area contributed by atoms with E-state index >= 15 is 0 Å². The molecule has 2 heterocycles. The molecule has 0 bridgehead atoms. The van der Waals surface area contributed by atoms with Gasteiger partial charge in [-0.2, -0.15) is 13.2 Å². The Balaban J connectivity index is 1.83. The number of nitrogens with zero attached hydrogens (tertiary/aromatic N) is 2. The summed E-state index contributed by atoms with van der Waals surface area (Å²) >= 11 is 0. The number of aromatic nitrogens is 2. The highest BCUT2D eigenvalue weighted by Crippen LogP contribution is 2.31. The molecule has 7 nitrogen and oxygen atoms in total. The molecule has 0 unspecified atom stereocenters. The van der Waals surface area contributed by atoms with Crippen molar-refractivity contribution in [2.24, 2.45) is 0 Å². The Morgan fingerprint density at radius 3 is 2.17 bits per heavy atom. The van der Waals surface area contributed by atoms with Gasteiger partial charge in [-0.15, -0.1) is 0 Å². The van der Waals surface area contributed by atoms with Crippen LogP contribution in [0.5, 0.6) is 0 Å². The summed E-state index contributed by atoms with van der Waals surface area (Å²) in [5, 5.41) is 2.19. The molecule has 0 aliphatic heterocycles.